The van der Waals surface area contributed by atoms with Gasteiger partial charge in [-0.25, -0.2) is 9.78 Å². The minimum atomic E-state index is -1.11. The number of halogens is 2. The van der Waals surface area contributed by atoms with Crippen LogP contribution in [-0.2, 0) is 4.79 Å². The van der Waals surface area contributed by atoms with Crippen LogP contribution in [0.3, 0.4) is 0 Å². The molecule has 5 nitrogen and oxygen atoms in total. The molecule has 0 aliphatic carbocycles. The molecular weight excluding hydrogens is 267 g/mol. The molecule has 1 atom stereocenters. The van der Waals surface area contributed by atoms with Gasteiger partial charge in [0.1, 0.15) is 16.9 Å². The monoisotopic (exact) mass is 276 g/mol. The quantitative estimate of drug-likeness (QED) is 0.825. The molecular formula is C10H10Cl2N2O3. The van der Waals surface area contributed by atoms with Crippen molar-refractivity contribution in [1.29, 1.82) is 0 Å². The van der Waals surface area contributed by atoms with Gasteiger partial charge in [-0.05, 0) is 18.6 Å². The number of aromatic nitrogens is 1. The fraction of sp³-hybridized carbons (Fsp3) is 0.300. The van der Waals surface area contributed by atoms with Gasteiger partial charge in [0.2, 0.25) is 0 Å². The molecule has 17 heavy (non-hydrogen) atoms. The Morgan fingerprint density at radius 2 is 2.12 bits per heavy atom. The number of nitrogens with one attached hydrogen (secondary N) is 1. The van der Waals surface area contributed by atoms with Crippen molar-refractivity contribution in [2.24, 2.45) is 0 Å². The van der Waals surface area contributed by atoms with Crippen molar-refractivity contribution in [2.75, 3.05) is 0 Å². The smallest absolute Gasteiger partial charge is 0.326 e. The number of carbonyl (C=O) groups excluding carboxylic acids is 1. The minimum Gasteiger partial charge on any atom is -0.480 e. The van der Waals surface area contributed by atoms with E-state index in [4.69, 9.17) is 28.3 Å². The van der Waals surface area contributed by atoms with Gasteiger partial charge in [0.05, 0.1) is 5.02 Å². The standard InChI is InChI=1S/C10H10Cl2N2O3/c1-2-6(10(16)17)13-9(15)8-5(11)3-4-7(12)14-8/h3-4,6H,2H2,1H3,(H,13,15)(H,16,17)/t6-/m0/s1. The zero-order chi connectivity index (χ0) is 13.0. The molecule has 1 heterocycles. The lowest BCUT2D eigenvalue weighted by molar-refractivity contribution is -0.139. The third-order valence-electron chi connectivity index (χ3n) is 2.04. The molecule has 0 aliphatic heterocycles. The predicted octanol–water partition coefficient (Wildman–Crippen LogP) is 1.98. The van der Waals surface area contributed by atoms with E-state index in [1.165, 1.54) is 12.1 Å². The second-order valence-electron chi connectivity index (χ2n) is 3.24. The van der Waals surface area contributed by atoms with Crippen LogP contribution in [0, 0.1) is 0 Å². The third kappa shape index (κ3) is 3.57. The number of carboxylic acids is 1. The Morgan fingerprint density at radius 1 is 1.47 bits per heavy atom. The zero-order valence-electron chi connectivity index (χ0n) is 8.91. The lowest BCUT2D eigenvalue weighted by Gasteiger charge is -2.12. The highest BCUT2D eigenvalue weighted by atomic mass is 35.5. The van der Waals surface area contributed by atoms with Crippen molar-refractivity contribution < 1.29 is 14.7 Å². The van der Waals surface area contributed by atoms with Gasteiger partial charge in [0, 0.05) is 0 Å². The van der Waals surface area contributed by atoms with E-state index < -0.39 is 17.9 Å². The molecule has 0 bridgehead atoms. The summed E-state index contributed by atoms with van der Waals surface area (Å²) in [7, 11) is 0. The van der Waals surface area contributed by atoms with Crippen molar-refractivity contribution in [3.8, 4) is 0 Å². The van der Waals surface area contributed by atoms with Crippen molar-refractivity contribution in [1.82, 2.24) is 10.3 Å². The number of aliphatic carboxylic acids is 1. The van der Waals surface area contributed by atoms with Crippen LogP contribution in [0.4, 0.5) is 0 Å². The first-order valence-electron chi connectivity index (χ1n) is 4.81. The van der Waals surface area contributed by atoms with E-state index in [1.54, 1.807) is 6.92 Å². The topological polar surface area (TPSA) is 79.3 Å². The van der Waals surface area contributed by atoms with Gasteiger partial charge >= 0.3 is 5.97 Å². The molecule has 92 valence electrons. The molecule has 7 heteroatoms. The molecule has 0 fully saturated rings. The Balaban J connectivity index is 2.89. The molecule has 0 radical (unpaired) electrons. The summed E-state index contributed by atoms with van der Waals surface area (Å²) in [6.07, 6.45) is 0.263. The normalized spacial score (nSPS) is 11.9. The molecule has 0 saturated heterocycles. The fourth-order valence-corrected chi connectivity index (χ4v) is 1.48. The van der Waals surface area contributed by atoms with Crippen LogP contribution in [0.1, 0.15) is 23.8 Å². The van der Waals surface area contributed by atoms with Crippen LogP contribution in [0.25, 0.3) is 0 Å². The summed E-state index contributed by atoms with van der Waals surface area (Å²) in [6.45, 7) is 1.64. The summed E-state index contributed by atoms with van der Waals surface area (Å²) in [4.78, 5) is 26.2. The van der Waals surface area contributed by atoms with E-state index in [-0.39, 0.29) is 22.3 Å². The molecule has 1 amide bonds. The van der Waals surface area contributed by atoms with Crippen LogP contribution in [0.2, 0.25) is 10.2 Å². The highest BCUT2D eigenvalue weighted by Gasteiger charge is 2.21. The SMILES string of the molecule is CC[C@H](NC(=O)c1nc(Cl)ccc1Cl)C(=O)O. The van der Waals surface area contributed by atoms with Gasteiger partial charge in [0.15, 0.2) is 0 Å². The largest absolute Gasteiger partial charge is 0.480 e. The van der Waals surface area contributed by atoms with E-state index in [9.17, 15) is 9.59 Å². The first-order chi connectivity index (χ1) is 7.95. The maximum Gasteiger partial charge on any atom is 0.326 e. The minimum absolute atomic E-state index is 0.0844. The number of hydrogen-bond donors (Lipinski definition) is 2. The number of amides is 1. The molecule has 0 unspecified atom stereocenters. The van der Waals surface area contributed by atoms with Gasteiger partial charge in [0.25, 0.3) is 5.91 Å². The highest BCUT2D eigenvalue weighted by molar-refractivity contribution is 6.34. The van der Waals surface area contributed by atoms with Gasteiger partial charge < -0.3 is 10.4 Å². The second-order valence-corrected chi connectivity index (χ2v) is 4.03. The lowest BCUT2D eigenvalue weighted by atomic mass is 10.2. The Kier molecular flexibility index (Phi) is 4.72. The van der Waals surface area contributed by atoms with E-state index in [0.717, 1.165) is 0 Å². The zero-order valence-corrected chi connectivity index (χ0v) is 10.4. The number of carboxylic acid groups (broad SMARTS) is 1. The maximum absolute atomic E-state index is 11.7. The van der Waals surface area contributed by atoms with Crippen molar-refractivity contribution in [3.63, 3.8) is 0 Å². The number of nitrogens with zero attached hydrogens (tertiary/aromatic N) is 1. The molecule has 1 aromatic rings. The molecule has 0 aliphatic rings. The third-order valence-corrected chi connectivity index (χ3v) is 2.55. The van der Waals surface area contributed by atoms with Crippen LogP contribution in [0.5, 0.6) is 0 Å². The summed E-state index contributed by atoms with van der Waals surface area (Å²) in [5, 5.41) is 11.3. The van der Waals surface area contributed by atoms with Crippen molar-refractivity contribution in [3.05, 3.63) is 28.0 Å². The van der Waals surface area contributed by atoms with Crippen molar-refractivity contribution >= 4 is 35.1 Å². The van der Waals surface area contributed by atoms with E-state index in [0.29, 0.717) is 0 Å². The Morgan fingerprint density at radius 3 is 2.65 bits per heavy atom. The van der Waals surface area contributed by atoms with E-state index >= 15 is 0 Å². The Hall–Kier alpha value is -1.33. The summed E-state index contributed by atoms with van der Waals surface area (Å²) in [5.41, 5.74) is -0.0844. The van der Waals surface area contributed by atoms with E-state index in [2.05, 4.69) is 10.3 Å². The Labute approximate surface area is 108 Å². The van der Waals surface area contributed by atoms with Gasteiger partial charge in [-0.3, -0.25) is 4.79 Å². The van der Waals surface area contributed by atoms with Crippen LogP contribution >= 0.6 is 23.2 Å². The maximum atomic E-state index is 11.7. The lowest BCUT2D eigenvalue weighted by Crippen LogP contribution is -2.40. The van der Waals surface area contributed by atoms with Crippen LogP contribution < -0.4 is 5.32 Å². The molecule has 1 rings (SSSR count). The predicted molar refractivity (Wildman–Crippen MR) is 63.4 cm³/mol. The number of carbonyl (C=O) groups is 2. The average molecular weight is 277 g/mol. The molecule has 1 aromatic heterocycles. The molecule has 2 N–H and O–H groups in total. The van der Waals surface area contributed by atoms with E-state index in [1.807, 2.05) is 0 Å². The highest BCUT2D eigenvalue weighted by Crippen LogP contribution is 2.16. The first-order valence-corrected chi connectivity index (χ1v) is 5.57. The first kappa shape index (κ1) is 13.7. The summed E-state index contributed by atoms with van der Waals surface area (Å²) < 4.78 is 0. The van der Waals surface area contributed by atoms with Gasteiger partial charge in [-0.1, -0.05) is 30.1 Å². The molecule has 0 saturated carbocycles. The van der Waals surface area contributed by atoms with Gasteiger partial charge in [-0.2, -0.15) is 0 Å². The number of rotatable bonds is 4. The number of hydrogen-bond acceptors (Lipinski definition) is 3. The molecule has 0 spiro atoms. The summed E-state index contributed by atoms with van der Waals surface area (Å²) >= 11 is 11.4. The summed E-state index contributed by atoms with van der Waals surface area (Å²) in [6, 6.07) is 1.89. The van der Waals surface area contributed by atoms with Crippen LogP contribution in [0.15, 0.2) is 12.1 Å². The second kappa shape index (κ2) is 5.84. The van der Waals surface area contributed by atoms with Crippen LogP contribution in [-0.4, -0.2) is 28.0 Å². The summed E-state index contributed by atoms with van der Waals surface area (Å²) in [5.74, 6) is -1.77. The fourth-order valence-electron chi connectivity index (χ4n) is 1.14. The Bertz CT molecular complexity index is 451. The van der Waals surface area contributed by atoms with Gasteiger partial charge in [-0.15, -0.1) is 0 Å². The number of pyridine rings is 1. The molecule has 0 aromatic carbocycles. The average Bonchev–Trinajstić information content (AvgIpc) is 2.28. The van der Waals surface area contributed by atoms with Crippen molar-refractivity contribution in [2.45, 2.75) is 19.4 Å².